The Bertz CT molecular complexity index is 1180. The minimum Gasteiger partial charge on any atom is -0.378 e. The first-order chi connectivity index (χ1) is 13.0. The zero-order valence-corrected chi connectivity index (χ0v) is 15.5. The van der Waals surface area contributed by atoms with E-state index in [9.17, 15) is 8.42 Å². The number of anilines is 1. The van der Waals surface area contributed by atoms with E-state index in [0.29, 0.717) is 5.92 Å². The Morgan fingerprint density at radius 3 is 2.59 bits per heavy atom. The number of hydrogen-bond acceptors (Lipinski definition) is 3. The normalized spacial score (nSPS) is 23.7. The number of primary sulfonamides is 1. The Morgan fingerprint density at radius 1 is 0.963 bits per heavy atom. The summed E-state index contributed by atoms with van der Waals surface area (Å²) in [5.41, 5.74) is 3.25. The highest BCUT2D eigenvalue weighted by atomic mass is 32.2. The predicted molar refractivity (Wildman–Crippen MR) is 108 cm³/mol. The SMILES string of the molecule is NS(=O)(=O)c1ccc2c(c1)[C@H]1C=CC[C@H]1[C@@H](c1ccc3ccccc3c1)N2. The van der Waals surface area contributed by atoms with Crippen LogP contribution in [0.3, 0.4) is 0 Å². The number of benzene rings is 3. The van der Waals surface area contributed by atoms with Gasteiger partial charge in [0.05, 0.1) is 10.9 Å². The van der Waals surface area contributed by atoms with Gasteiger partial charge >= 0.3 is 0 Å². The van der Waals surface area contributed by atoms with E-state index >= 15 is 0 Å². The first-order valence-corrected chi connectivity index (χ1v) is 10.6. The van der Waals surface area contributed by atoms with Crippen LogP contribution in [0.4, 0.5) is 5.69 Å². The highest BCUT2D eigenvalue weighted by molar-refractivity contribution is 7.89. The Kier molecular flexibility index (Phi) is 3.64. The first kappa shape index (κ1) is 16.5. The maximum absolute atomic E-state index is 11.8. The third-order valence-corrected chi connectivity index (χ3v) is 6.71. The molecule has 5 rings (SSSR count). The molecule has 3 aromatic carbocycles. The van der Waals surface area contributed by atoms with Crippen molar-refractivity contribution in [2.45, 2.75) is 23.3 Å². The van der Waals surface area contributed by atoms with E-state index in [0.717, 1.165) is 17.7 Å². The minimum absolute atomic E-state index is 0.172. The van der Waals surface area contributed by atoms with Gasteiger partial charge in [0.1, 0.15) is 0 Å². The van der Waals surface area contributed by atoms with Crippen LogP contribution in [0.5, 0.6) is 0 Å². The number of nitrogens with one attached hydrogen (secondary N) is 1. The minimum atomic E-state index is -3.71. The van der Waals surface area contributed by atoms with Crippen LogP contribution in [0.2, 0.25) is 0 Å². The van der Waals surface area contributed by atoms with Gasteiger partial charge in [-0.2, -0.15) is 0 Å². The molecule has 0 fully saturated rings. The standard InChI is InChI=1S/C22H20N2O2S/c23-27(25,26)17-10-11-21-20(13-17)18-6-3-7-19(18)22(24-21)16-9-8-14-4-1-2-5-15(14)12-16/h1-6,8-13,18-19,22,24H,7H2,(H2,23,25,26)/t18-,19+,22+/m0/s1. The van der Waals surface area contributed by atoms with Crippen LogP contribution in [-0.4, -0.2) is 8.42 Å². The second-order valence-corrected chi connectivity index (χ2v) is 8.94. The van der Waals surface area contributed by atoms with Crippen molar-refractivity contribution in [3.05, 3.63) is 83.9 Å². The Balaban J connectivity index is 1.60. The zero-order chi connectivity index (χ0) is 18.6. The van der Waals surface area contributed by atoms with E-state index < -0.39 is 10.0 Å². The van der Waals surface area contributed by atoms with Crippen LogP contribution >= 0.6 is 0 Å². The monoisotopic (exact) mass is 376 g/mol. The Hall–Kier alpha value is -2.63. The molecule has 3 aromatic rings. The summed E-state index contributed by atoms with van der Waals surface area (Å²) in [5, 5.41) is 11.4. The molecule has 0 aromatic heterocycles. The second-order valence-electron chi connectivity index (χ2n) is 7.38. The van der Waals surface area contributed by atoms with Gasteiger partial charge in [0, 0.05) is 11.6 Å². The van der Waals surface area contributed by atoms with Gasteiger partial charge in [-0.25, -0.2) is 13.6 Å². The zero-order valence-electron chi connectivity index (χ0n) is 14.7. The van der Waals surface area contributed by atoms with E-state index in [-0.39, 0.29) is 16.9 Å². The molecule has 3 N–H and O–H groups in total. The molecular weight excluding hydrogens is 356 g/mol. The highest BCUT2D eigenvalue weighted by Gasteiger charge is 2.38. The van der Waals surface area contributed by atoms with Gasteiger partial charge < -0.3 is 5.32 Å². The lowest BCUT2D eigenvalue weighted by Gasteiger charge is -2.37. The smallest absolute Gasteiger partial charge is 0.238 e. The lowest BCUT2D eigenvalue weighted by molar-refractivity contribution is 0.425. The molecule has 0 bridgehead atoms. The van der Waals surface area contributed by atoms with Gasteiger partial charge in [-0.1, -0.05) is 48.6 Å². The summed E-state index contributed by atoms with van der Waals surface area (Å²) in [6, 6.07) is 20.3. The fourth-order valence-corrected chi connectivity index (χ4v) is 5.03. The van der Waals surface area contributed by atoms with E-state index in [4.69, 9.17) is 5.14 Å². The third-order valence-electron chi connectivity index (χ3n) is 5.80. The molecule has 4 nitrogen and oxygen atoms in total. The van der Waals surface area contributed by atoms with Gasteiger partial charge in [0.15, 0.2) is 0 Å². The molecule has 0 saturated carbocycles. The van der Waals surface area contributed by atoms with Crippen molar-refractivity contribution in [2.24, 2.45) is 11.1 Å². The molecule has 5 heteroatoms. The van der Waals surface area contributed by atoms with Crippen LogP contribution in [-0.2, 0) is 10.0 Å². The Labute approximate surface area is 158 Å². The van der Waals surface area contributed by atoms with Gasteiger partial charge in [0.2, 0.25) is 10.0 Å². The van der Waals surface area contributed by atoms with Gasteiger partial charge in [0.25, 0.3) is 0 Å². The fourth-order valence-electron chi connectivity index (χ4n) is 4.48. The molecule has 3 atom stereocenters. The molecule has 27 heavy (non-hydrogen) atoms. The van der Waals surface area contributed by atoms with Crippen molar-refractivity contribution < 1.29 is 8.42 Å². The average Bonchev–Trinajstić information content (AvgIpc) is 3.16. The summed E-state index contributed by atoms with van der Waals surface area (Å²) in [6.07, 6.45) is 5.36. The molecule has 0 spiro atoms. The van der Waals surface area contributed by atoms with Crippen LogP contribution < -0.4 is 10.5 Å². The summed E-state index contributed by atoms with van der Waals surface area (Å²) in [7, 11) is -3.71. The largest absolute Gasteiger partial charge is 0.378 e. The van der Waals surface area contributed by atoms with E-state index in [1.165, 1.54) is 16.3 Å². The number of allylic oxidation sites excluding steroid dienone is 2. The summed E-state index contributed by atoms with van der Waals surface area (Å²) in [6.45, 7) is 0. The fraction of sp³-hybridized carbons (Fsp3) is 0.182. The number of hydrogen-bond donors (Lipinski definition) is 2. The molecule has 136 valence electrons. The van der Waals surface area contributed by atoms with Crippen LogP contribution in [0.1, 0.15) is 29.5 Å². The van der Waals surface area contributed by atoms with Crippen LogP contribution in [0.25, 0.3) is 10.8 Å². The van der Waals surface area contributed by atoms with E-state index in [1.807, 2.05) is 6.07 Å². The van der Waals surface area contributed by atoms with Gasteiger partial charge in [-0.05, 0) is 58.5 Å². The van der Waals surface area contributed by atoms with Gasteiger partial charge in [-0.3, -0.25) is 0 Å². The molecule has 2 aliphatic rings. The molecule has 0 unspecified atom stereocenters. The number of fused-ring (bicyclic) bond motifs is 4. The van der Waals surface area contributed by atoms with Crippen molar-refractivity contribution in [1.29, 1.82) is 0 Å². The van der Waals surface area contributed by atoms with Crippen molar-refractivity contribution >= 4 is 26.5 Å². The summed E-state index contributed by atoms with van der Waals surface area (Å²) in [5.74, 6) is 0.550. The average molecular weight is 376 g/mol. The molecule has 1 aliphatic heterocycles. The quantitative estimate of drug-likeness (QED) is 0.655. The number of nitrogens with two attached hydrogens (primary N) is 1. The predicted octanol–water partition coefficient (Wildman–Crippen LogP) is 4.31. The first-order valence-electron chi connectivity index (χ1n) is 9.09. The molecule has 0 radical (unpaired) electrons. The van der Waals surface area contributed by atoms with Crippen LogP contribution in [0.15, 0.2) is 77.7 Å². The van der Waals surface area contributed by atoms with Crippen molar-refractivity contribution in [1.82, 2.24) is 0 Å². The maximum atomic E-state index is 11.8. The summed E-state index contributed by atoms with van der Waals surface area (Å²) >= 11 is 0. The third kappa shape index (κ3) is 2.74. The van der Waals surface area contributed by atoms with Crippen molar-refractivity contribution in [2.75, 3.05) is 5.32 Å². The lowest BCUT2D eigenvalue weighted by Crippen LogP contribution is -2.29. The molecule has 1 aliphatic carbocycles. The highest BCUT2D eigenvalue weighted by Crippen LogP contribution is 2.50. The molecule has 1 heterocycles. The number of sulfonamides is 1. The molecular formula is C22H20N2O2S. The summed E-state index contributed by atoms with van der Waals surface area (Å²) < 4.78 is 23.5. The molecule has 0 saturated heterocycles. The van der Waals surface area contributed by atoms with Crippen molar-refractivity contribution in [3.8, 4) is 0 Å². The summed E-state index contributed by atoms with van der Waals surface area (Å²) in [4.78, 5) is 0.172. The van der Waals surface area contributed by atoms with Gasteiger partial charge in [-0.15, -0.1) is 0 Å². The van der Waals surface area contributed by atoms with Crippen molar-refractivity contribution in [3.63, 3.8) is 0 Å². The topological polar surface area (TPSA) is 72.2 Å². The van der Waals surface area contributed by atoms with E-state index in [1.54, 1.807) is 12.1 Å². The Morgan fingerprint density at radius 2 is 1.78 bits per heavy atom. The molecule has 0 amide bonds. The maximum Gasteiger partial charge on any atom is 0.238 e. The second kappa shape index (κ2) is 5.94. The van der Waals surface area contributed by atoms with Crippen LogP contribution in [0, 0.1) is 5.92 Å². The lowest BCUT2D eigenvalue weighted by atomic mass is 9.77. The number of rotatable bonds is 2. The van der Waals surface area contributed by atoms with E-state index in [2.05, 4.69) is 59.9 Å².